The van der Waals surface area contributed by atoms with Crippen LogP contribution in [0.25, 0.3) is 6.08 Å². The van der Waals surface area contributed by atoms with E-state index in [-0.39, 0.29) is 16.5 Å². The lowest BCUT2D eigenvalue weighted by Gasteiger charge is -1.99. The number of carbonyl (C=O) groups is 1. The van der Waals surface area contributed by atoms with Gasteiger partial charge in [0.05, 0.1) is 4.92 Å². The third kappa shape index (κ3) is 4.37. The second kappa shape index (κ2) is 6.54. The number of aryl methyl sites for hydroxylation is 1. The number of rotatable bonds is 5. The highest BCUT2D eigenvalue weighted by atomic mass is 16.6. The van der Waals surface area contributed by atoms with Crippen LogP contribution >= 0.6 is 0 Å². The quantitative estimate of drug-likeness (QED) is 0.494. The molecule has 96 valence electrons. The van der Waals surface area contributed by atoms with Crippen LogP contribution in [0.3, 0.4) is 0 Å². The number of carbonyl (C=O) groups excluding carboxylic acids is 1. The molecule has 0 aliphatic rings. The van der Waals surface area contributed by atoms with Gasteiger partial charge in [-0.15, -0.1) is 0 Å². The summed E-state index contributed by atoms with van der Waals surface area (Å²) in [6.45, 7) is 3.75. The zero-order chi connectivity index (χ0) is 13.5. The van der Waals surface area contributed by atoms with Crippen molar-refractivity contribution < 1.29 is 9.72 Å². The molecule has 5 nitrogen and oxygen atoms in total. The summed E-state index contributed by atoms with van der Waals surface area (Å²) in [5.41, 5.74) is 1.56. The molecule has 1 rings (SSSR count). The Morgan fingerprint density at radius 1 is 1.50 bits per heavy atom. The van der Waals surface area contributed by atoms with Gasteiger partial charge in [0.1, 0.15) is 0 Å². The highest BCUT2D eigenvalue weighted by Crippen LogP contribution is 2.19. The third-order valence-corrected chi connectivity index (χ3v) is 2.43. The lowest BCUT2D eigenvalue weighted by Crippen LogP contribution is -2.20. The highest BCUT2D eigenvalue weighted by molar-refractivity contribution is 5.72. The number of nitro groups is 1. The van der Waals surface area contributed by atoms with E-state index in [9.17, 15) is 14.9 Å². The Morgan fingerprint density at radius 2 is 2.22 bits per heavy atom. The Bertz CT molecular complexity index is 481. The minimum Gasteiger partial charge on any atom is -0.356 e. The summed E-state index contributed by atoms with van der Waals surface area (Å²) in [4.78, 5) is 21.0. The van der Waals surface area contributed by atoms with Gasteiger partial charge in [0.2, 0.25) is 5.91 Å². The van der Waals surface area contributed by atoms with Crippen LogP contribution in [0.1, 0.15) is 24.5 Å². The monoisotopic (exact) mass is 248 g/mol. The molecule has 0 saturated heterocycles. The molecule has 0 radical (unpaired) electrons. The minimum atomic E-state index is -0.385. The maximum atomic E-state index is 10.8. The van der Waals surface area contributed by atoms with Gasteiger partial charge < -0.3 is 5.32 Å². The molecule has 0 fully saturated rings. The molecule has 0 unspecified atom stereocenters. The second-order valence-corrected chi connectivity index (χ2v) is 3.98. The van der Waals surface area contributed by atoms with Crippen LogP contribution in [0, 0.1) is 17.0 Å². The molecule has 0 atom stereocenters. The summed E-state index contributed by atoms with van der Waals surface area (Å²) < 4.78 is 0. The number of hydrogen-bond donors (Lipinski definition) is 1. The zero-order valence-corrected chi connectivity index (χ0v) is 10.5. The molecule has 0 heterocycles. The van der Waals surface area contributed by atoms with E-state index >= 15 is 0 Å². The number of amides is 1. The number of benzene rings is 1. The Kier molecular flexibility index (Phi) is 5.05. The van der Waals surface area contributed by atoms with Gasteiger partial charge in [-0.2, -0.15) is 0 Å². The molecule has 0 aromatic heterocycles. The fourth-order valence-electron chi connectivity index (χ4n) is 1.48. The largest absolute Gasteiger partial charge is 0.356 e. The standard InChI is InChI=1S/C13H16N2O3/c1-10-6-7-12(9-13(10)15(17)18)5-3-4-8-14-11(2)16/h3,5-7,9H,4,8H2,1-2H3,(H,14,16). The van der Waals surface area contributed by atoms with E-state index in [1.54, 1.807) is 19.1 Å². The Morgan fingerprint density at radius 3 is 2.83 bits per heavy atom. The van der Waals surface area contributed by atoms with E-state index in [0.717, 1.165) is 5.56 Å². The molecule has 1 aromatic carbocycles. The van der Waals surface area contributed by atoms with Crippen molar-refractivity contribution in [3.05, 3.63) is 45.5 Å². The van der Waals surface area contributed by atoms with Gasteiger partial charge in [-0.3, -0.25) is 14.9 Å². The highest BCUT2D eigenvalue weighted by Gasteiger charge is 2.09. The first-order chi connectivity index (χ1) is 8.50. The van der Waals surface area contributed by atoms with Crippen molar-refractivity contribution >= 4 is 17.7 Å². The van der Waals surface area contributed by atoms with Gasteiger partial charge in [-0.05, 0) is 18.9 Å². The van der Waals surface area contributed by atoms with Crippen molar-refractivity contribution in [2.75, 3.05) is 6.54 Å². The molecule has 0 aliphatic heterocycles. The summed E-state index contributed by atoms with van der Waals surface area (Å²) in [6.07, 6.45) is 4.39. The van der Waals surface area contributed by atoms with Crippen molar-refractivity contribution in [3.8, 4) is 0 Å². The summed E-state index contributed by atoms with van der Waals surface area (Å²) in [6, 6.07) is 5.10. The molecule has 0 aliphatic carbocycles. The van der Waals surface area contributed by atoms with E-state index in [1.165, 1.54) is 6.92 Å². The number of nitrogens with zero attached hydrogens (tertiary/aromatic N) is 1. The van der Waals surface area contributed by atoms with E-state index in [4.69, 9.17) is 0 Å². The Balaban J connectivity index is 2.62. The predicted octanol–water partition coefficient (Wildman–Crippen LogP) is 2.44. The molecular weight excluding hydrogens is 232 g/mol. The molecule has 0 spiro atoms. The van der Waals surface area contributed by atoms with E-state index in [1.807, 2.05) is 18.2 Å². The Hall–Kier alpha value is -2.17. The van der Waals surface area contributed by atoms with Crippen LogP contribution < -0.4 is 5.32 Å². The van der Waals surface area contributed by atoms with Crippen LogP contribution in [0.2, 0.25) is 0 Å². The fourth-order valence-corrected chi connectivity index (χ4v) is 1.48. The van der Waals surface area contributed by atoms with Crippen molar-refractivity contribution in [1.29, 1.82) is 0 Å². The van der Waals surface area contributed by atoms with Gasteiger partial charge in [0, 0.05) is 25.1 Å². The van der Waals surface area contributed by atoms with Crippen LogP contribution in [0.5, 0.6) is 0 Å². The normalized spacial score (nSPS) is 10.6. The Labute approximate surface area is 106 Å². The third-order valence-electron chi connectivity index (χ3n) is 2.43. The summed E-state index contributed by atoms with van der Waals surface area (Å²) in [5.74, 6) is -0.0608. The molecule has 0 saturated carbocycles. The average Bonchev–Trinajstić information content (AvgIpc) is 2.30. The zero-order valence-electron chi connectivity index (χ0n) is 10.5. The number of nitrogens with one attached hydrogen (secondary N) is 1. The van der Waals surface area contributed by atoms with Gasteiger partial charge in [-0.25, -0.2) is 0 Å². The van der Waals surface area contributed by atoms with Crippen LogP contribution in [-0.4, -0.2) is 17.4 Å². The summed E-state index contributed by atoms with van der Waals surface area (Å²) in [5, 5.41) is 13.4. The predicted molar refractivity (Wildman–Crippen MR) is 70.2 cm³/mol. The van der Waals surface area contributed by atoms with Gasteiger partial charge in [0.15, 0.2) is 0 Å². The SMILES string of the molecule is CC(=O)NCCC=Cc1ccc(C)c([N+](=O)[O-])c1. The molecule has 1 amide bonds. The molecule has 1 N–H and O–H groups in total. The van der Waals surface area contributed by atoms with Crippen LogP contribution in [0.15, 0.2) is 24.3 Å². The van der Waals surface area contributed by atoms with Gasteiger partial charge >= 0.3 is 0 Å². The van der Waals surface area contributed by atoms with Crippen molar-refractivity contribution in [2.45, 2.75) is 20.3 Å². The molecular formula is C13H16N2O3. The topological polar surface area (TPSA) is 72.2 Å². The van der Waals surface area contributed by atoms with Crippen LogP contribution in [-0.2, 0) is 4.79 Å². The maximum absolute atomic E-state index is 10.8. The molecule has 18 heavy (non-hydrogen) atoms. The lowest BCUT2D eigenvalue weighted by atomic mass is 10.1. The summed E-state index contributed by atoms with van der Waals surface area (Å²) >= 11 is 0. The minimum absolute atomic E-state index is 0.0608. The van der Waals surface area contributed by atoms with Crippen molar-refractivity contribution in [3.63, 3.8) is 0 Å². The second-order valence-electron chi connectivity index (χ2n) is 3.98. The van der Waals surface area contributed by atoms with Crippen molar-refractivity contribution in [2.24, 2.45) is 0 Å². The first kappa shape index (κ1) is 13.9. The smallest absolute Gasteiger partial charge is 0.272 e. The summed E-state index contributed by atoms with van der Waals surface area (Å²) in [7, 11) is 0. The maximum Gasteiger partial charge on any atom is 0.272 e. The van der Waals surface area contributed by atoms with E-state index in [0.29, 0.717) is 18.5 Å². The van der Waals surface area contributed by atoms with Gasteiger partial charge in [-0.1, -0.05) is 24.3 Å². The molecule has 1 aromatic rings. The number of nitro benzene ring substituents is 1. The van der Waals surface area contributed by atoms with E-state index in [2.05, 4.69) is 5.32 Å². The van der Waals surface area contributed by atoms with Crippen LogP contribution in [0.4, 0.5) is 5.69 Å². The first-order valence-corrected chi connectivity index (χ1v) is 5.66. The van der Waals surface area contributed by atoms with Gasteiger partial charge in [0.25, 0.3) is 5.69 Å². The lowest BCUT2D eigenvalue weighted by molar-refractivity contribution is -0.385. The average molecular weight is 248 g/mol. The van der Waals surface area contributed by atoms with Crippen molar-refractivity contribution in [1.82, 2.24) is 5.32 Å². The molecule has 0 bridgehead atoms. The van der Waals surface area contributed by atoms with E-state index < -0.39 is 0 Å². The fraction of sp³-hybridized carbons (Fsp3) is 0.308. The number of hydrogen-bond acceptors (Lipinski definition) is 3. The first-order valence-electron chi connectivity index (χ1n) is 5.66. The molecule has 5 heteroatoms.